The second-order valence-corrected chi connectivity index (χ2v) is 7.80. The summed E-state index contributed by atoms with van der Waals surface area (Å²) in [5.41, 5.74) is 4.24. The second-order valence-electron chi connectivity index (χ2n) is 7.80. The highest BCUT2D eigenvalue weighted by Crippen LogP contribution is 2.31. The number of likely N-dealkylation sites (tertiary alicyclic amines) is 1. The van der Waals surface area contributed by atoms with E-state index in [4.69, 9.17) is 4.98 Å². The molecular formula is C22H26N4O2. The number of rotatable bonds is 3. The van der Waals surface area contributed by atoms with E-state index in [1.54, 1.807) is 6.92 Å². The third kappa shape index (κ3) is 3.77. The number of hydrogen-bond donors (Lipinski definition) is 0. The van der Waals surface area contributed by atoms with E-state index >= 15 is 0 Å². The van der Waals surface area contributed by atoms with Gasteiger partial charge in [0.1, 0.15) is 0 Å². The van der Waals surface area contributed by atoms with Crippen molar-refractivity contribution < 1.29 is 9.59 Å². The zero-order valence-electron chi connectivity index (χ0n) is 16.5. The molecule has 0 bridgehead atoms. The van der Waals surface area contributed by atoms with Crippen molar-refractivity contribution in [2.45, 2.75) is 52.1 Å². The number of hydrogen-bond acceptors (Lipinski definition) is 4. The molecule has 0 N–H and O–H groups in total. The third-order valence-electron chi connectivity index (χ3n) is 5.71. The van der Waals surface area contributed by atoms with Crippen molar-refractivity contribution in [2.75, 3.05) is 13.1 Å². The SMILES string of the molecule is CC(=O)N1CCc2nc(C3CCCN3C(=O)Cc3cccc(C)c3)ncc2C1. The molecule has 1 saturated heterocycles. The lowest BCUT2D eigenvalue weighted by atomic mass is 10.1. The number of carbonyl (C=O) groups is 2. The molecule has 2 aromatic rings. The first-order chi connectivity index (χ1) is 13.5. The van der Waals surface area contributed by atoms with Crippen LogP contribution in [0, 0.1) is 6.92 Å². The second kappa shape index (κ2) is 7.70. The molecule has 0 radical (unpaired) electrons. The van der Waals surface area contributed by atoms with Gasteiger partial charge < -0.3 is 9.80 Å². The fraction of sp³-hybridized carbons (Fsp3) is 0.455. The number of amides is 2. The Labute approximate surface area is 165 Å². The van der Waals surface area contributed by atoms with Gasteiger partial charge in [0, 0.05) is 44.7 Å². The third-order valence-corrected chi connectivity index (χ3v) is 5.71. The number of fused-ring (bicyclic) bond motifs is 1. The number of benzene rings is 1. The van der Waals surface area contributed by atoms with Crippen LogP contribution in [0.1, 0.15) is 54.0 Å². The van der Waals surface area contributed by atoms with Crippen molar-refractivity contribution in [1.82, 2.24) is 19.8 Å². The molecule has 6 heteroatoms. The standard InChI is InChI=1S/C22H26N4O2/c1-15-5-3-6-17(11-15)12-21(28)26-9-4-7-20(26)22-23-13-18-14-25(16(2)27)10-8-19(18)24-22/h3,5-6,11,13,20H,4,7-10,12,14H2,1-2H3. The van der Waals surface area contributed by atoms with E-state index in [0.29, 0.717) is 19.5 Å². The van der Waals surface area contributed by atoms with Crippen LogP contribution in [-0.4, -0.2) is 44.7 Å². The molecule has 2 aliphatic heterocycles. The van der Waals surface area contributed by atoms with Crippen LogP contribution < -0.4 is 0 Å². The van der Waals surface area contributed by atoms with E-state index in [1.807, 2.05) is 41.1 Å². The van der Waals surface area contributed by atoms with Gasteiger partial charge in [-0.05, 0) is 25.3 Å². The maximum absolute atomic E-state index is 12.9. The zero-order chi connectivity index (χ0) is 19.7. The Morgan fingerprint density at radius 3 is 2.89 bits per heavy atom. The van der Waals surface area contributed by atoms with Gasteiger partial charge in [0.25, 0.3) is 0 Å². The Balaban J connectivity index is 1.50. The van der Waals surface area contributed by atoms with E-state index < -0.39 is 0 Å². The lowest BCUT2D eigenvalue weighted by Gasteiger charge is -2.28. The monoisotopic (exact) mass is 378 g/mol. The van der Waals surface area contributed by atoms with Gasteiger partial charge in [0.05, 0.1) is 18.2 Å². The van der Waals surface area contributed by atoms with Crippen LogP contribution in [0.5, 0.6) is 0 Å². The van der Waals surface area contributed by atoms with Gasteiger partial charge in [0.15, 0.2) is 5.82 Å². The van der Waals surface area contributed by atoms with Crippen LogP contribution in [0.4, 0.5) is 0 Å². The first-order valence-electron chi connectivity index (χ1n) is 9.96. The Bertz CT molecular complexity index is 911. The van der Waals surface area contributed by atoms with Crippen molar-refractivity contribution >= 4 is 11.8 Å². The average molecular weight is 378 g/mol. The quantitative estimate of drug-likeness (QED) is 0.823. The van der Waals surface area contributed by atoms with E-state index in [2.05, 4.69) is 11.1 Å². The molecule has 6 nitrogen and oxygen atoms in total. The summed E-state index contributed by atoms with van der Waals surface area (Å²) in [6.45, 7) is 5.66. The van der Waals surface area contributed by atoms with Crippen LogP contribution in [0.15, 0.2) is 30.5 Å². The zero-order valence-corrected chi connectivity index (χ0v) is 16.5. The molecule has 1 atom stereocenters. The normalized spacial score (nSPS) is 18.9. The van der Waals surface area contributed by atoms with Crippen LogP contribution in [-0.2, 0) is 29.0 Å². The molecule has 1 aromatic heterocycles. The molecule has 3 heterocycles. The molecule has 1 aromatic carbocycles. The van der Waals surface area contributed by atoms with Gasteiger partial charge in [-0.2, -0.15) is 0 Å². The maximum atomic E-state index is 12.9. The summed E-state index contributed by atoms with van der Waals surface area (Å²) in [6, 6.07) is 8.07. The average Bonchev–Trinajstić information content (AvgIpc) is 3.17. The van der Waals surface area contributed by atoms with Crippen molar-refractivity contribution in [3.8, 4) is 0 Å². The van der Waals surface area contributed by atoms with E-state index in [9.17, 15) is 9.59 Å². The van der Waals surface area contributed by atoms with E-state index in [1.165, 1.54) is 5.56 Å². The van der Waals surface area contributed by atoms with Crippen molar-refractivity contribution in [3.05, 3.63) is 58.7 Å². The van der Waals surface area contributed by atoms with Gasteiger partial charge in [-0.25, -0.2) is 9.97 Å². The smallest absolute Gasteiger partial charge is 0.227 e. The number of carbonyl (C=O) groups excluding carboxylic acids is 2. The minimum absolute atomic E-state index is 0.0477. The van der Waals surface area contributed by atoms with Crippen LogP contribution in [0.2, 0.25) is 0 Å². The summed E-state index contributed by atoms with van der Waals surface area (Å²) in [4.78, 5) is 37.7. The molecule has 0 saturated carbocycles. The molecule has 2 amide bonds. The first-order valence-corrected chi connectivity index (χ1v) is 9.96. The highest BCUT2D eigenvalue weighted by Gasteiger charge is 2.32. The molecule has 1 unspecified atom stereocenters. The van der Waals surface area contributed by atoms with Crippen LogP contribution in [0.3, 0.4) is 0 Å². The van der Waals surface area contributed by atoms with E-state index in [-0.39, 0.29) is 17.9 Å². The lowest BCUT2D eigenvalue weighted by molar-refractivity contribution is -0.132. The predicted octanol–water partition coefficient (Wildman–Crippen LogP) is 2.60. The summed E-state index contributed by atoms with van der Waals surface area (Å²) < 4.78 is 0. The topological polar surface area (TPSA) is 66.4 Å². The molecule has 0 spiro atoms. The van der Waals surface area contributed by atoms with Crippen LogP contribution >= 0.6 is 0 Å². The number of aryl methyl sites for hydroxylation is 1. The molecule has 146 valence electrons. The van der Waals surface area contributed by atoms with Crippen molar-refractivity contribution in [1.29, 1.82) is 0 Å². The summed E-state index contributed by atoms with van der Waals surface area (Å²) in [7, 11) is 0. The minimum atomic E-state index is -0.0477. The van der Waals surface area contributed by atoms with Crippen molar-refractivity contribution in [2.24, 2.45) is 0 Å². The Morgan fingerprint density at radius 2 is 2.11 bits per heavy atom. The molecule has 0 aliphatic carbocycles. The summed E-state index contributed by atoms with van der Waals surface area (Å²) >= 11 is 0. The molecule has 1 fully saturated rings. The van der Waals surface area contributed by atoms with Gasteiger partial charge in [0.2, 0.25) is 11.8 Å². The highest BCUT2D eigenvalue weighted by atomic mass is 16.2. The van der Waals surface area contributed by atoms with Gasteiger partial charge in [-0.1, -0.05) is 29.8 Å². The largest absolute Gasteiger partial charge is 0.338 e. The first kappa shape index (κ1) is 18.6. The predicted molar refractivity (Wildman–Crippen MR) is 105 cm³/mol. The van der Waals surface area contributed by atoms with Gasteiger partial charge >= 0.3 is 0 Å². The molecular weight excluding hydrogens is 352 g/mol. The fourth-order valence-corrected chi connectivity index (χ4v) is 4.19. The lowest BCUT2D eigenvalue weighted by Crippen LogP contribution is -2.36. The number of nitrogens with zero attached hydrogens (tertiary/aromatic N) is 4. The van der Waals surface area contributed by atoms with Gasteiger partial charge in [-0.15, -0.1) is 0 Å². The van der Waals surface area contributed by atoms with Crippen LogP contribution in [0.25, 0.3) is 0 Å². The molecule has 2 aliphatic rings. The Kier molecular flexibility index (Phi) is 5.11. The Morgan fingerprint density at radius 1 is 1.25 bits per heavy atom. The molecule has 4 rings (SSSR count). The summed E-state index contributed by atoms with van der Waals surface area (Å²) in [5, 5.41) is 0. The minimum Gasteiger partial charge on any atom is -0.338 e. The maximum Gasteiger partial charge on any atom is 0.227 e. The van der Waals surface area contributed by atoms with E-state index in [0.717, 1.165) is 48.5 Å². The number of aromatic nitrogens is 2. The highest BCUT2D eigenvalue weighted by molar-refractivity contribution is 5.79. The fourth-order valence-electron chi connectivity index (χ4n) is 4.19. The summed E-state index contributed by atoms with van der Waals surface area (Å²) in [6.07, 6.45) is 4.88. The Hall–Kier alpha value is -2.76. The van der Waals surface area contributed by atoms with Crippen molar-refractivity contribution in [3.63, 3.8) is 0 Å². The molecule has 28 heavy (non-hydrogen) atoms. The summed E-state index contributed by atoms with van der Waals surface area (Å²) in [5.74, 6) is 0.959. The van der Waals surface area contributed by atoms with Gasteiger partial charge in [-0.3, -0.25) is 9.59 Å².